The number of thioether (sulfide) groups is 1. The molecular formula is C32H34S. The van der Waals surface area contributed by atoms with Crippen LogP contribution < -0.4 is 0 Å². The number of fused-ring (bicyclic) bond motifs is 2. The molecule has 4 atom stereocenters. The highest BCUT2D eigenvalue weighted by Crippen LogP contribution is 2.49. The van der Waals surface area contributed by atoms with Crippen LogP contribution in [0.15, 0.2) is 84.9 Å². The highest BCUT2D eigenvalue weighted by atomic mass is 32.2. The van der Waals surface area contributed by atoms with Gasteiger partial charge in [0.15, 0.2) is 0 Å². The fraction of sp³-hybridized carbons (Fsp3) is 0.375. The van der Waals surface area contributed by atoms with E-state index >= 15 is 0 Å². The lowest BCUT2D eigenvalue weighted by atomic mass is 9.81. The van der Waals surface area contributed by atoms with Crippen molar-refractivity contribution in [2.75, 3.05) is 0 Å². The predicted molar refractivity (Wildman–Crippen MR) is 145 cm³/mol. The van der Waals surface area contributed by atoms with E-state index < -0.39 is 0 Å². The number of benzene rings is 4. The van der Waals surface area contributed by atoms with Crippen molar-refractivity contribution in [2.24, 2.45) is 0 Å². The molecule has 0 saturated heterocycles. The smallest absolute Gasteiger partial charge is 0.0119 e. The molecule has 2 fully saturated rings. The Labute approximate surface area is 202 Å². The first-order valence-corrected chi connectivity index (χ1v) is 13.9. The third kappa shape index (κ3) is 4.21. The minimum Gasteiger partial charge on any atom is -0.154 e. The quantitative estimate of drug-likeness (QED) is 0.298. The van der Waals surface area contributed by atoms with E-state index in [9.17, 15) is 0 Å². The molecule has 0 radical (unpaired) electrons. The van der Waals surface area contributed by atoms with Gasteiger partial charge in [-0.15, -0.1) is 0 Å². The van der Waals surface area contributed by atoms with Crippen LogP contribution in [0.3, 0.4) is 0 Å². The zero-order valence-electron chi connectivity index (χ0n) is 19.5. The van der Waals surface area contributed by atoms with E-state index in [1.54, 1.807) is 11.1 Å². The molecule has 2 aliphatic carbocycles. The zero-order chi connectivity index (χ0) is 22.0. The lowest BCUT2D eigenvalue weighted by Gasteiger charge is -2.39. The van der Waals surface area contributed by atoms with E-state index in [0.29, 0.717) is 11.8 Å². The van der Waals surface area contributed by atoms with Crippen LogP contribution >= 0.6 is 11.8 Å². The molecule has 0 aliphatic heterocycles. The van der Waals surface area contributed by atoms with Gasteiger partial charge in [0.1, 0.15) is 0 Å². The first kappa shape index (κ1) is 21.3. The Morgan fingerprint density at radius 2 is 0.879 bits per heavy atom. The van der Waals surface area contributed by atoms with Crippen molar-refractivity contribution in [3.63, 3.8) is 0 Å². The van der Waals surface area contributed by atoms with Gasteiger partial charge >= 0.3 is 0 Å². The topological polar surface area (TPSA) is 0 Å². The van der Waals surface area contributed by atoms with Gasteiger partial charge < -0.3 is 0 Å². The summed E-state index contributed by atoms with van der Waals surface area (Å²) in [7, 11) is 0. The molecule has 168 valence electrons. The monoisotopic (exact) mass is 450 g/mol. The average Bonchev–Trinajstić information content (AvgIpc) is 2.89. The Morgan fingerprint density at radius 1 is 0.455 bits per heavy atom. The van der Waals surface area contributed by atoms with Gasteiger partial charge in [-0.3, -0.25) is 0 Å². The molecule has 33 heavy (non-hydrogen) atoms. The van der Waals surface area contributed by atoms with Gasteiger partial charge in [-0.05, 0) is 70.2 Å². The molecule has 0 amide bonds. The van der Waals surface area contributed by atoms with E-state index in [4.69, 9.17) is 0 Å². The second-order valence-corrected chi connectivity index (χ2v) is 11.6. The molecule has 2 saturated carbocycles. The molecule has 4 aromatic carbocycles. The van der Waals surface area contributed by atoms with Gasteiger partial charge in [0.25, 0.3) is 0 Å². The van der Waals surface area contributed by atoms with Crippen molar-refractivity contribution in [1.29, 1.82) is 0 Å². The standard InChI is InChI=1S/C32H34S/c1-3-15-25-23(11-1)13-9-19-27(25)29-17-5-7-21-31(29)33-32-22-8-6-18-30(32)28-20-10-14-24-12-2-4-16-26(24)28/h1-4,9-16,19-20,29-32H,5-8,17-18,21-22H2. The van der Waals surface area contributed by atoms with Crippen molar-refractivity contribution >= 4 is 33.3 Å². The molecule has 0 bridgehead atoms. The Morgan fingerprint density at radius 3 is 1.39 bits per heavy atom. The molecule has 4 unspecified atom stereocenters. The molecule has 0 spiro atoms. The fourth-order valence-electron chi connectivity index (χ4n) is 6.60. The summed E-state index contributed by atoms with van der Waals surface area (Å²) < 4.78 is 0. The molecule has 2 aliphatic rings. The molecule has 1 heteroatoms. The van der Waals surface area contributed by atoms with E-state index in [0.717, 1.165) is 10.5 Å². The maximum absolute atomic E-state index is 2.43. The summed E-state index contributed by atoms with van der Waals surface area (Å²) in [6.07, 6.45) is 11.0. The van der Waals surface area contributed by atoms with Crippen molar-refractivity contribution < 1.29 is 0 Å². The number of hydrogen-bond acceptors (Lipinski definition) is 1. The van der Waals surface area contributed by atoms with Crippen LogP contribution in [0.5, 0.6) is 0 Å². The van der Waals surface area contributed by atoms with Gasteiger partial charge in [-0.2, -0.15) is 11.8 Å². The van der Waals surface area contributed by atoms with Crippen LogP contribution in [0.2, 0.25) is 0 Å². The number of rotatable bonds is 4. The molecule has 0 heterocycles. The molecule has 0 nitrogen and oxygen atoms in total. The zero-order valence-corrected chi connectivity index (χ0v) is 20.3. The highest BCUT2D eigenvalue weighted by molar-refractivity contribution is 8.00. The molecule has 4 aromatic rings. The largest absolute Gasteiger partial charge is 0.154 e. The van der Waals surface area contributed by atoms with Crippen LogP contribution in [-0.4, -0.2) is 10.5 Å². The van der Waals surface area contributed by atoms with Crippen molar-refractivity contribution in [3.8, 4) is 0 Å². The van der Waals surface area contributed by atoms with Crippen LogP contribution in [0.25, 0.3) is 21.5 Å². The van der Waals surface area contributed by atoms with Crippen LogP contribution in [0.1, 0.15) is 74.3 Å². The van der Waals surface area contributed by atoms with E-state index in [1.165, 1.54) is 72.9 Å². The summed E-state index contributed by atoms with van der Waals surface area (Å²) in [6.45, 7) is 0. The maximum Gasteiger partial charge on any atom is 0.0119 e. The Hall–Kier alpha value is -2.25. The third-order valence-corrected chi connectivity index (χ3v) is 10.0. The summed E-state index contributed by atoms with van der Waals surface area (Å²) in [6, 6.07) is 32.0. The van der Waals surface area contributed by atoms with Crippen LogP contribution in [0, 0.1) is 0 Å². The summed E-state index contributed by atoms with van der Waals surface area (Å²) in [4.78, 5) is 0. The minimum absolute atomic E-state index is 0.685. The van der Waals surface area contributed by atoms with Gasteiger partial charge in [0.2, 0.25) is 0 Å². The normalized spacial score (nSPS) is 25.9. The number of hydrogen-bond donors (Lipinski definition) is 0. The lowest BCUT2D eigenvalue weighted by Crippen LogP contribution is -2.28. The predicted octanol–water partition coefficient (Wildman–Crippen LogP) is 9.48. The van der Waals surface area contributed by atoms with Gasteiger partial charge in [0.05, 0.1) is 0 Å². The summed E-state index contributed by atoms with van der Waals surface area (Å²) in [5.74, 6) is 1.37. The molecule has 0 N–H and O–H groups in total. The second-order valence-electron chi connectivity index (χ2n) is 10.1. The maximum atomic E-state index is 2.43. The first-order valence-electron chi connectivity index (χ1n) is 13.0. The third-order valence-electron chi connectivity index (χ3n) is 8.20. The van der Waals surface area contributed by atoms with Crippen molar-refractivity contribution in [1.82, 2.24) is 0 Å². The lowest BCUT2D eigenvalue weighted by molar-refractivity contribution is 0.437. The van der Waals surface area contributed by atoms with Gasteiger partial charge in [-0.25, -0.2) is 0 Å². The fourth-order valence-corrected chi connectivity index (χ4v) is 8.60. The minimum atomic E-state index is 0.685. The van der Waals surface area contributed by atoms with E-state index in [1.807, 2.05) is 0 Å². The summed E-state index contributed by atoms with van der Waals surface area (Å²) in [5.41, 5.74) is 3.20. The van der Waals surface area contributed by atoms with Crippen molar-refractivity contribution in [3.05, 3.63) is 96.1 Å². The molecule has 6 rings (SSSR count). The van der Waals surface area contributed by atoms with E-state index in [-0.39, 0.29) is 0 Å². The Kier molecular flexibility index (Phi) is 6.16. The van der Waals surface area contributed by atoms with Crippen molar-refractivity contribution in [2.45, 2.75) is 73.7 Å². The SMILES string of the molecule is c1ccc2c(C3CCCCC3SC3CCCCC3c3cccc4ccccc34)cccc2c1. The summed E-state index contributed by atoms with van der Waals surface area (Å²) in [5, 5.41) is 7.24. The highest BCUT2D eigenvalue weighted by Gasteiger charge is 2.35. The molecule has 0 aromatic heterocycles. The Bertz CT molecular complexity index is 1130. The average molecular weight is 451 g/mol. The Balaban J connectivity index is 1.33. The second kappa shape index (κ2) is 9.55. The van der Waals surface area contributed by atoms with Gasteiger partial charge in [-0.1, -0.05) is 111 Å². The van der Waals surface area contributed by atoms with Crippen LogP contribution in [0.4, 0.5) is 0 Å². The first-order chi connectivity index (χ1) is 16.4. The molecular weight excluding hydrogens is 416 g/mol. The van der Waals surface area contributed by atoms with E-state index in [2.05, 4.69) is 96.7 Å². The van der Waals surface area contributed by atoms with Crippen LogP contribution in [-0.2, 0) is 0 Å². The summed E-state index contributed by atoms with van der Waals surface area (Å²) >= 11 is 2.36. The van der Waals surface area contributed by atoms with Gasteiger partial charge in [0, 0.05) is 10.5 Å².